The summed E-state index contributed by atoms with van der Waals surface area (Å²) in [5, 5.41) is 6.08. The molecule has 2 aliphatic heterocycles. The van der Waals surface area contributed by atoms with Gasteiger partial charge in [-0.1, -0.05) is 29.8 Å². The van der Waals surface area contributed by atoms with Crippen LogP contribution in [-0.2, 0) is 16.1 Å². The second-order valence-electron chi connectivity index (χ2n) is 8.24. The Morgan fingerprint density at radius 2 is 1.84 bits per heavy atom. The van der Waals surface area contributed by atoms with E-state index in [4.69, 9.17) is 4.74 Å². The van der Waals surface area contributed by atoms with Crippen molar-refractivity contribution in [3.05, 3.63) is 59.7 Å². The molecule has 8 heteroatoms. The maximum atomic E-state index is 13.3. The van der Waals surface area contributed by atoms with Crippen LogP contribution in [0.25, 0.3) is 0 Å². The van der Waals surface area contributed by atoms with E-state index < -0.39 is 12.1 Å². The number of imide groups is 1. The number of piperidine rings is 1. The summed E-state index contributed by atoms with van der Waals surface area (Å²) in [5.41, 5.74) is 2.59. The van der Waals surface area contributed by atoms with Crippen LogP contribution >= 0.6 is 0 Å². The molecule has 2 fully saturated rings. The van der Waals surface area contributed by atoms with Crippen LogP contribution in [0.5, 0.6) is 5.75 Å². The first-order valence-electron chi connectivity index (χ1n) is 10.8. The molecule has 168 valence electrons. The summed E-state index contributed by atoms with van der Waals surface area (Å²) in [7, 11) is 1.58. The highest BCUT2D eigenvalue weighted by molar-refractivity contribution is 6.02. The van der Waals surface area contributed by atoms with Gasteiger partial charge < -0.3 is 20.3 Å². The largest absolute Gasteiger partial charge is 0.497 e. The number of urea groups is 1. The molecule has 4 rings (SSSR count). The molecule has 2 aliphatic rings. The Bertz CT molecular complexity index is 990. The molecule has 2 heterocycles. The molecule has 2 N–H and O–H groups in total. The van der Waals surface area contributed by atoms with Crippen molar-refractivity contribution in [2.24, 2.45) is 0 Å². The third-order valence-corrected chi connectivity index (χ3v) is 5.98. The van der Waals surface area contributed by atoms with Gasteiger partial charge in [0.05, 0.1) is 19.7 Å². The summed E-state index contributed by atoms with van der Waals surface area (Å²) in [5.74, 6) is 0.153. The lowest BCUT2D eigenvalue weighted by atomic mass is 9.93. The Hall–Kier alpha value is -3.39. The van der Waals surface area contributed by atoms with E-state index in [1.54, 1.807) is 31.4 Å². The van der Waals surface area contributed by atoms with Gasteiger partial charge in [0.15, 0.2) is 0 Å². The molecule has 0 aliphatic carbocycles. The number of carbonyl (C=O) groups is 3. The first-order chi connectivity index (χ1) is 15.5. The van der Waals surface area contributed by atoms with Crippen molar-refractivity contribution in [3.63, 3.8) is 0 Å². The Labute approximate surface area is 187 Å². The Balaban J connectivity index is 1.51. The molecule has 2 saturated heterocycles. The van der Waals surface area contributed by atoms with E-state index in [1.807, 2.05) is 31.2 Å². The zero-order chi connectivity index (χ0) is 22.7. The number of rotatable bonds is 6. The highest BCUT2D eigenvalue weighted by Crippen LogP contribution is 2.26. The van der Waals surface area contributed by atoms with Crippen LogP contribution < -0.4 is 15.4 Å². The van der Waals surface area contributed by atoms with Gasteiger partial charge in [-0.05, 0) is 56.1 Å². The van der Waals surface area contributed by atoms with Crippen molar-refractivity contribution in [1.82, 2.24) is 15.1 Å². The molecule has 0 saturated carbocycles. The zero-order valence-electron chi connectivity index (χ0n) is 18.3. The quantitative estimate of drug-likeness (QED) is 0.726. The SMILES string of the molecule is COc1ccc(NC(=O)CN2C(=O)N(Cc3ccc(C)cc3)C(=O)C3NCCCC32)cc1. The summed E-state index contributed by atoms with van der Waals surface area (Å²) < 4.78 is 5.14. The average Bonchev–Trinajstić information content (AvgIpc) is 2.81. The molecule has 8 nitrogen and oxygen atoms in total. The van der Waals surface area contributed by atoms with E-state index in [0.29, 0.717) is 24.4 Å². The zero-order valence-corrected chi connectivity index (χ0v) is 18.3. The number of anilines is 1. The number of hydrogen-bond donors (Lipinski definition) is 2. The van der Waals surface area contributed by atoms with Crippen molar-refractivity contribution in [2.75, 3.05) is 25.5 Å². The second-order valence-corrected chi connectivity index (χ2v) is 8.24. The molecule has 0 radical (unpaired) electrons. The summed E-state index contributed by atoms with van der Waals surface area (Å²) in [6.07, 6.45) is 1.53. The first kappa shape index (κ1) is 21.8. The van der Waals surface area contributed by atoms with Crippen molar-refractivity contribution in [1.29, 1.82) is 0 Å². The van der Waals surface area contributed by atoms with E-state index in [0.717, 1.165) is 17.5 Å². The maximum absolute atomic E-state index is 13.3. The Morgan fingerprint density at radius 1 is 1.12 bits per heavy atom. The van der Waals surface area contributed by atoms with Crippen LogP contribution in [-0.4, -0.2) is 59.9 Å². The van der Waals surface area contributed by atoms with Crippen LogP contribution in [0.4, 0.5) is 10.5 Å². The third kappa shape index (κ3) is 4.60. The van der Waals surface area contributed by atoms with Crippen LogP contribution in [0.3, 0.4) is 0 Å². The van der Waals surface area contributed by atoms with Gasteiger partial charge in [-0.15, -0.1) is 0 Å². The standard InChI is InChI=1S/C24H28N4O4/c1-16-5-7-17(8-6-16)14-28-23(30)22-20(4-3-13-25-22)27(24(28)31)15-21(29)26-18-9-11-19(32-2)12-10-18/h5-12,20,22,25H,3-4,13-15H2,1-2H3,(H,26,29). The van der Waals surface area contributed by atoms with E-state index >= 15 is 0 Å². The lowest BCUT2D eigenvalue weighted by molar-refractivity contribution is -0.138. The number of fused-ring (bicyclic) bond motifs is 1. The summed E-state index contributed by atoms with van der Waals surface area (Å²) >= 11 is 0. The summed E-state index contributed by atoms with van der Waals surface area (Å²) in [6.45, 7) is 2.76. The number of amides is 4. The Morgan fingerprint density at radius 3 is 2.53 bits per heavy atom. The molecule has 2 aromatic carbocycles. The maximum Gasteiger partial charge on any atom is 0.327 e. The minimum absolute atomic E-state index is 0.120. The fraction of sp³-hybridized carbons (Fsp3) is 0.375. The highest BCUT2D eigenvalue weighted by atomic mass is 16.5. The summed E-state index contributed by atoms with van der Waals surface area (Å²) in [6, 6.07) is 13.5. The molecule has 0 spiro atoms. The van der Waals surface area contributed by atoms with Gasteiger partial charge in [0, 0.05) is 5.69 Å². The number of ether oxygens (including phenoxy) is 1. The molecule has 2 atom stereocenters. The minimum atomic E-state index is -0.499. The number of benzene rings is 2. The van der Waals surface area contributed by atoms with Gasteiger partial charge in [0.25, 0.3) is 0 Å². The van der Waals surface area contributed by atoms with Crippen LogP contribution in [0.15, 0.2) is 48.5 Å². The molecule has 0 bridgehead atoms. The molecule has 2 aromatic rings. The van der Waals surface area contributed by atoms with Gasteiger partial charge in [0.1, 0.15) is 18.3 Å². The number of nitrogens with zero attached hydrogens (tertiary/aromatic N) is 2. The van der Waals surface area contributed by atoms with Gasteiger partial charge in [-0.25, -0.2) is 4.79 Å². The number of nitrogens with one attached hydrogen (secondary N) is 2. The van der Waals surface area contributed by atoms with Crippen LogP contribution in [0.1, 0.15) is 24.0 Å². The minimum Gasteiger partial charge on any atom is -0.497 e. The van der Waals surface area contributed by atoms with Crippen LogP contribution in [0.2, 0.25) is 0 Å². The Kier molecular flexibility index (Phi) is 6.41. The lowest BCUT2D eigenvalue weighted by Gasteiger charge is -2.46. The lowest BCUT2D eigenvalue weighted by Crippen LogP contribution is -2.70. The topological polar surface area (TPSA) is 91.0 Å². The van der Waals surface area contributed by atoms with E-state index in [2.05, 4.69) is 10.6 Å². The van der Waals surface area contributed by atoms with E-state index in [1.165, 1.54) is 9.80 Å². The average molecular weight is 437 g/mol. The fourth-order valence-corrected chi connectivity index (χ4v) is 4.25. The number of hydrogen-bond acceptors (Lipinski definition) is 5. The van der Waals surface area contributed by atoms with Gasteiger partial charge in [-0.3, -0.25) is 14.5 Å². The van der Waals surface area contributed by atoms with Gasteiger partial charge in [0.2, 0.25) is 11.8 Å². The molecule has 2 unspecified atom stereocenters. The number of aryl methyl sites for hydroxylation is 1. The predicted octanol–water partition coefficient (Wildman–Crippen LogP) is 2.53. The van der Waals surface area contributed by atoms with E-state index in [-0.39, 0.29) is 30.9 Å². The molecule has 4 amide bonds. The van der Waals surface area contributed by atoms with E-state index in [9.17, 15) is 14.4 Å². The van der Waals surface area contributed by atoms with Crippen molar-refractivity contribution in [2.45, 2.75) is 38.4 Å². The first-order valence-corrected chi connectivity index (χ1v) is 10.8. The molecular formula is C24H28N4O4. The number of carbonyl (C=O) groups excluding carboxylic acids is 3. The highest BCUT2D eigenvalue weighted by Gasteiger charge is 2.47. The third-order valence-electron chi connectivity index (χ3n) is 5.98. The summed E-state index contributed by atoms with van der Waals surface area (Å²) in [4.78, 5) is 42.0. The van der Waals surface area contributed by atoms with Gasteiger partial charge >= 0.3 is 6.03 Å². The smallest absolute Gasteiger partial charge is 0.327 e. The molecular weight excluding hydrogens is 408 g/mol. The monoisotopic (exact) mass is 436 g/mol. The van der Waals surface area contributed by atoms with Crippen molar-refractivity contribution >= 4 is 23.5 Å². The fourth-order valence-electron chi connectivity index (χ4n) is 4.25. The predicted molar refractivity (Wildman–Crippen MR) is 120 cm³/mol. The van der Waals surface area contributed by atoms with Gasteiger partial charge in [-0.2, -0.15) is 0 Å². The van der Waals surface area contributed by atoms with Crippen molar-refractivity contribution < 1.29 is 19.1 Å². The second kappa shape index (κ2) is 9.40. The normalized spacial score (nSPS) is 20.7. The molecule has 0 aromatic heterocycles. The van der Waals surface area contributed by atoms with Crippen LogP contribution in [0, 0.1) is 6.92 Å². The van der Waals surface area contributed by atoms with Crippen molar-refractivity contribution in [3.8, 4) is 5.75 Å². The molecule has 32 heavy (non-hydrogen) atoms. The number of methoxy groups -OCH3 is 1.